The van der Waals surface area contributed by atoms with Crippen LogP contribution in [0.1, 0.15) is 0 Å². The zero-order valence-corrected chi connectivity index (χ0v) is 18.1. The van der Waals surface area contributed by atoms with Crippen LogP contribution in [0.15, 0.2) is 86.0 Å². The average Bonchev–Trinajstić information content (AvgIpc) is 2.79. The van der Waals surface area contributed by atoms with E-state index in [4.69, 9.17) is 18.9 Å². The summed E-state index contributed by atoms with van der Waals surface area (Å²) in [7, 11) is 0. The van der Waals surface area contributed by atoms with E-state index < -0.39 is 64.4 Å². The smallest absolute Gasteiger partial charge is 0.372 e. The van der Waals surface area contributed by atoms with Gasteiger partial charge in [0.2, 0.25) is 23.3 Å². The molecule has 186 valence electrons. The van der Waals surface area contributed by atoms with Gasteiger partial charge in [-0.05, 0) is 29.8 Å². The third-order valence-corrected chi connectivity index (χ3v) is 3.91. The Morgan fingerprint density at radius 3 is 1.47 bits per heavy atom. The van der Waals surface area contributed by atoms with Crippen LogP contribution in [0.4, 0.5) is 17.6 Å². The number of ether oxygens (including phenoxy) is 4. The highest BCUT2D eigenvalue weighted by Gasteiger charge is 2.21. The minimum Gasteiger partial charge on any atom is -0.421 e. The van der Waals surface area contributed by atoms with Crippen molar-refractivity contribution in [2.75, 3.05) is 0 Å². The molecular weight excluding hydrogens is 492 g/mol. The normalized spacial score (nSPS) is 10.0. The Bertz CT molecular complexity index is 1330. The SMILES string of the molecule is C=C(F)C(=O)Oc1ccc(-c2ccc(OC(=O)C(=C)F)c(OC(=O)C(=C)F)c2)c(OC(=O)C(=C)F)c1. The van der Waals surface area contributed by atoms with Crippen LogP contribution in [0.3, 0.4) is 0 Å². The Kier molecular flexibility index (Phi) is 8.64. The zero-order valence-electron chi connectivity index (χ0n) is 18.1. The van der Waals surface area contributed by atoms with Crippen molar-refractivity contribution in [2.24, 2.45) is 0 Å². The quantitative estimate of drug-likeness (QED) is 0.205. The molecule has 0 radical (unpaired) electrons. The molecule has 0 amide bonds. The Hall–Kier alpha value is -5.00. The van der Waals surface area contributed by atoms with Crippen LogP contribution in [0.25, 0.3) is 11.1 Å². The fourth-order valence-electron chi connectivity index (χ4n) is 2.36. The maximum atomic E-state index is 13.3. The van der Waals surface area contributed by atoms with Crippen LogP contribution in [0.5, 0.6) is 23.0 Å². The molecule has 0 heterocycles. The molecule has 0 N–H and O–H groups in total. The number of hydrogen-bond acceptors (Lipinski definition) is 8. The van der Waals surface area contributed by atoms with E-state index in [0.717, 1.165) is 30.3 Å². The summed E-state index contributed by atoms with van der Waals surface area (Å²) in [6, 6.07) is 6.37. The van der Waals surface area contributed by atoms with Gasteiger partial charge in [-0.3, -0.25) is 0 Å². The highest BCUT2D eigenvalue weighted by Crippen LogP contribution is 2.39. The fourth-order valence-corrected chi connectivity index (χ4v) is 2.36. The number of carbonyl (C=O) groups is 4. The minimum absolute atomic E-state index is 0.0150. The van der Waals surface area contributed by atoms with Gasteiger partial charge in [-0.1, -0.05) is 32.4 Å². The number of benzene rings is 2. The van der Waals surface area contributed by atoms with Crippen LogP contribution in [-0.4, -0.2) is 23.9 Å². The van der Waals surface area contributed by atoms with Gasteiger partial charge in [0.05, 0.1) is 0 Å². The predicted molar refractivity (Wildman–Crippen MR) is 115 cm³/mol. The molecule has 0 bridgehead atoms. The molecular formula is C24H14F4O8. The van der Waals surface area contributed by atoms with Crippen molar-refractivity contribution in [3.63, 3.8) is 0 Å². The predicted octanol–water partition coefficient (Wildman–Crippen LogP) is 4.91. The van der Waals surface area contributed by atoms with Crippen molar-refractivity contribution in [1.82, 2.24) is 0 Å². The maximum absolute atomic E-state index is 13.3. The molecule has 0 saturated carbocycles. The molecule has 2 rings (SSSR count). The molecule has 2 aromatic carbocycles. The van der Waals surface area contributed by atoms with Gasteiger partial charge in [-0.2, -0.15) is 17.6 Å². The van der Waals surface area contributed by atoms with Crippen LogP contribution in [0, 0.1) is 0 Å². The first kappa shape index (κ1) is 27.2. The monoisotopic (exact) mass is 506 g/mol. The van der Waals surface area contributed by atoms with E-state index in [-0.39, 0.29) is 16.9 Å². The lowest BCUT2D eigenvalue weighted by molar-refractivity contribution is -0.134. The van der Waals surface area contributed by atoms with E-state index in [2.05, 4.69) is 26.3 Å². The van der Waals surface area contributed by atoms with E-state index in [1.165, 1.54) is 6.07 Å². The molecule has 0 saturated heterocycles. The Morgan fingerprint density at radius 2 is 0.972 bits per heavy atom. The molecule has 36 heavy (non-hydrogen) atoms. The van der Waals surface area contributed by atoms with Gasteiger partial charge in [-0.25, -0.2) is 19.2 Å². The van der Waals surface area contributed by atoms with Crippen molar-refractivity contribution in [3.8, 4) is 34.1 Å². The molecule has 0 unspecified atom stereocenters. The molecule has 0 aromatic heterocycles. The third-order valence-electron chi connectivity index (χ3n) is 3.91. The fraction of sp³-hybridized carbons (Fsp3) is 0. The van der Waals surface area contributed by atoms with Crippen molar-refractivity contribution >= 4 is 23.9 Å². The van der Waals surface area contributed by atoms with Crippen molar-refractivity contribution in [1.29, 1.82) is 0 Å². The van der Waals surface area contributed by atoms with E-state index in [1.54, 1.807) is 0 Å². The average molecular weight is 506 g/mol. The van der Waals surface area contributed by atoms with E-state index in [0.29, 0.717) is 0 Å². The summed E-state index contributed by atoms with van der Waals surface area (Å²) in [4.78, 5) is 46.4. The van der Waals surface area contributed by atoms with Gasteiger partial charge in [0, 0.05) is 11.6 Å². The van der Waals surface area contributed by atoms with Gasteiger partial charge < -0.3 is 18.9 Å². The van der Waals surface area contributed by atoms with Gasteiger partial charge in [-0.15, -0.1) is 0 Å². The van der Waals surface area contributed by atoms with Crippen LogP contribution < -0.4 is 18.9 Å². The zero-order chi connectivity index (χ0) is 27.2. The Morgan fingerprint density at radius 1 is 0.528 bits per heavy atom. The molecule has 0 aliphatic heterocycles. The van der Waals surface area contributed by atoms with Gasteiger partial charge in [0.1, 0.15) is 11.5 Å². The number of rotatable bonds is 9. The summed E-state index contributed by atoms with van der Waals surface area (Å²) in [5.74, 6) is -14.0. The van der Waals surface area contributed by atoms with Crippen LogP contribution >= 0.6 is 0 Å². The Balaban J connectivity index is 2.63. The van der Waals surface area contributed by atoms with Gasteiger partial charge in [0.15, 0.2) is 11.5 Å². The summed E-state index contributed by atoms with van der Waals surface area (Å²) in [6.45, 7) is 11.1. The molecule has 0 fully saturated rings. The highest BCUT2D eigenvalue weighted by molar-refractivity contribution is 5.91. The Labute approximate surface area is 200 Å². The second-order valence-corrected chi connectivity index (χ2v) is 6.50. The number of esters is 4. The summed E-state index contributed by atoms with van der Waals surface area (Å²) < 4.78 is 71.5. The largest absolute Gasteiger partial charge is 0.421 e. The second kappa shape index (κ2) is 11.4. The second-order valence-electron chi connectivity index (χ2n) is 6.50. The summed E-state index contributed by atoms with van der Waals surface area (Å²) >= 11 is 0. The molecule has 8 nitrogen and oxygen atoms in total. The van der Waals surface area contributed by atoms with E-state index in [9.17, 15) is 36.7 Å². The first-order valence-electron chi connectivity index (χ1n) is 9.35. The standard InChI is InChI=1S/C24H14F4O8/c1-11(25)21(29)33-16-6-7-17(19(10-16)35-23(31)13(3)27)15-5-8-18(34-22(30)12(2)26)20(9-15)36-24(32)14(4)28/h5-10H,1-4H2. The van der Waals surface area contributed by atoms with E-state index in [1.807, 2.05) is 0 Å². The highest BCUT2D eigenvalue weighted by atomic mass is 19.1. The number of hydrogen-bond donors (Lipinski definition) is 0. The summed E-state index contributed by atoms with van der Waals surface area (Å²) in [5, 5.41) is 0. The van der Waals surface area contributed by atoms with Crippen LogP contribution in [0.2, 0.25) is 0 Å². The summed E-state index contributed by atoms with van der Waals surface area (Å²) in [5.41, 5.74) is -0.0335. The lowest BCUT2D eigenvalue weighted by atomic mass is 10.0. The first-order chi connectivity index (χ1) is 16.8. The molecule has 0 aliphatic carbocycles. The van der Waals surface area contributed by atoms with E-state index >= 15 is 0 Å². The molecule has 2 aromatic rings. The molecule has 12 heteroatoms. The van der Waals surface area contributed by atoms with Gasteiger partial charge >= 0.3 is 23.9 Å². The summed E-state index contributed by atoms with van der Waals surface area (Å²) in [6.07, 6.45) is 0. The molecule has 0 atom stereocenters. The van der Waals surface area contributed by atoms with Crippen molar-refractivity contribution < 1.29 is 55.7 Å². The number of carbonyl (C=O) groups excluding carboxylic acids is 4. The number of halogens is 4. The lowest BCUT2D eigenvalue weighted by Gasteiger charge is -2.14. The maximum Gasteiger partial charge on any atom is 0.372 e. The van der Waals surface area contributed by atoms with Crippen molar-refractivity contribution in [3.05, 3.63) is 86.0 Å². The van der Waals surface area contributed by atoms with Crippen molar-refractivity contribution in [2.45, 2.75) is 0 Å². The third kappa shape index (κ3) is 7.00. The minimum atomic E-state index is -1.59. The van der Waals surface area contributed by atoms with Crippen LogP contribution in [-0.2, 0) is 19.2 Å². The molecule has 0 aliphatic rings. The lowest BCUT2D eigenvalue weighted by Crippen LogP contribution is -2.12. The topological polar surface area (TPSA) is 105 Å². The molecule has 0 spiro atoms. The van der Waals surface area contributed by atoms with Gasteiger partial charge in [0.25, 0.3) is 0 Å². The first-order valence-corrected chi connectivity index (χ1v) is 9.35.